The van der Waals surface area contributed by atoms with Gasteiger partial charge in [0.05, 0.1) is 0 Å². The van der Waals surface area contributed by atoms with Crippen LogP contribution in [-0.4, -0.2) is 5.11 Å². The molecule has 0 aromatic heterocycles. The number of hydrogen-bond acceptors (Lipinski definition) is 1. The molecule has 35 heavy (non-hydrogen) atoms. The number of allylic oxidation sites excluding steroid dienone is 4. The third kappa shape index (κ3) is 6.72. The van der Waals surface area contributed by atoms with Crippen LogP contribution in [0.4, 0.5) is 0 Å². The fourth-order valence-electron chi connectivity index (χ4n) is 4.42. The molecule has 0 saturated carbocycles. The monoisotopic (exact) mass is 540 g/mol. The van der Waals surface area contributed by atoms with Crippen LogP contribution in [0.2, 0.25) is 0 Å². The van der Waals surface area contributed by atoms with Gasteiger partial charge in [-0.15, -0.1) is 0 Å². The van der Waals surface area contributed by atoms with Crippen molar-refractivity contribution in [3.8, 4) is 5.75 Å². The first-order chi connectivity index (χ1) is 15.1. The van der Waals surface area contributed by atoms with Crippen LogP contribution in [0.15, 0.2) is 84.9 Å². The summed E-state index contributed by atoms with van der Waals surface area (Å²) in [6.45, 7) is 13.2. The topological polar surface area (TPSA) is 20.2 Å². The summed E-state index contributed by atoms with van der Waals surface area (Å²) < 4.78 is 0. The Hall–Kier alpha value is -1.77. The van der Waals surface area contributed by atoms with Crippen molar-refractivity contribution >= 4 is 11.1 Å². The van der Waals surface area contributed by atoms with Gasteiger partial charge >= 0.3 is 21.7 Å². The molecule has 0 bridgehead atoms. The van der Waals surface area contributed by atoms with E-state index in [1.807, 2.05) is 0 Å². The molecule has 0 unspecified atom stereocenters. The van der Waals surface area contributed by atoms with Gasteiger partial charge in [0.1, 0.15) is 5.75 Å². The molecule has 1 aliphatic carbocycles. The first-order valence-electron chi connectivity index (χ1n) is 11.5. The predicted octanol–water partition coefficient (Wildman–Crippen LogP) is 2.26. The van der Waals surface area contributed by atoms with Crippen LogP contribution in [0.3, 0.4) is 0 Å². The van der Waals surface area contributed by atoms with E-state index < -0.39 is 0 Å². The fourth-order valence-corrected chi connectivity index (χ4v) is 4.42. The number of aromatic hydroxyl groups is 1. The first kappa shape index (κ1) is 31.3. The summed E-state index contributed by atoms with van der Waals surface area (Å²) in [5.74, 6) is 0.438. The van der Waals surface area contributed by atoms with Gasteiger partial charge < -0.3 is 29.9 Å². The average Bonchev–Trinajstić information content (AvgIpc) is 3.19. The number of halogens is 2. The van der Waals surface area contributed by atoms with Crippen LogP contribution in [0, 0.1) is 0 Å². The zero-order valence-electron chi connectivity index (χ0n) is 21.4. The van der Waals surface area contributed by atoms with Crippen molar-refractivity contribution in [2.75, 3.05) is 0 Å². The van der Waals surface area contributed by atoms with E-state index in [1.54, 1.807) is 0 Å². The molecule has 0 amide bonds. The molecule has 4 heteroatoms. The van der Waals surface area contributed by atoms with E-state index in [0.717, 1.165) is 11.1 Å². The Kier molecular flexibility index (Phi) is 10.7. The SMILES string of the molecule is CC(C)(C)c1cc(C2C=C(c3ccccc3)C(c3ccccc3)=C2)c(O)c(C(C)(C)C)c1.[Cl-].[Cl-].[Ti+2]. The largest absolute Gasteiger partial charge is 2.00 e. The van der Waals surface area contributed by atoms with Gasteiger partial charge in [0.25, 0.3) is 0 Å². The Morgan fingerprint density at radius 1 is 0.629 bits per heavy atom. The zero-order valence-corrected chi connectivity index (χ0v) is 24.4. The molecule has 0 aliphatic heterocycles. The van der Waals surface area contributed by atoms with Gasteiger partial charge in [-0.2, -0.15) is 0 Å². The molecule has 0 spiro atoms. The molecule has 0 atom stereocenters. The molecule has 3 aromatic rings. The van der Waals surface area contributed by atoms with E-state index >= 15 is 0 Å². The number of benzene rings is 3. The maximum Gasteiger partial charge on any atom is 2.00 e. The normalized spacial score (nSPS) is 13.7. The van der Waals surface area contributed by atoms with Crippen molar-refractivity contribution in [2.45, 2.75) is 58.3 Å². The first-order valence-corrected chi connectivity index (χ1v) is 11.5. The summed E-state index contributed by atoms with van der Waals surface area (Å²) in [5, 5.41) is 11.4. The van der Waals surface area contributed by atoms with Crippen molar-refractivity contribution in [1.29, 1.82) is 0 Å². The number of phenolic OH excluding ortho intramolecular Hbond substituents is 1. The summed E-state index contributed by atoms with van der Waals surface area (Å²) in [4.78, 5) is 0. The molecular weight excluding hydrogens is 507 g/mol. The standard InChI is InChI=1S/C31H34O.2ClH.Ti/c1-30(2,3)24-19-27(29(32)28(20-24)31(4,5)6)23-17-25(21-13-9-7-10-14-21)26(18-23)22-15-11-8-12-16-22;;;/h7-20,23,32H,1-6H3;2*1H;/q;;;+2/p-2. The van der Waals surface area contributed by atoms with Gasteiger partial charge in [-0.25, -0.2) is 0 Å². The molecule has 0 saturated heterocycles. The van der Waals surface area contributed by atoms with E-state index in [2.05, 4.69) is 126 Å². The van der Waals surface area contributed by atoms with Crippen LogP contribution in [0.25, 0.3) is 11.1 Å². The molecule has 0 fully saturated rings. The molecule has 1 N–H and O–H groups in total. The van der Waals surface area contributed by atoms with Crippen molar-refractivity contribution < 1.29 is 51.6 Å². The van der Waals surface area contributed by atoms with Gasteiger partial charge in [-0.3, -0.25) is 0 Å². The van der Waals surface area contributed by atoms with E-state index in [-0.39, 0.29) is 63.3 Å². The number of rotatable bonds is 3. The summed E-state index contributed by atoms with van der Waals surface area (Å²) in [7, 11) is 0. The Morgan fingerprint density at radius 2 is 1.06 bits per heavy atom. The molecule has 4 rings (SSSR count). The van der Waals surface area contributed by atoms with Gasteiger partial charge in [-0.05, 0) is 44.2 Å². The van der Waals surface area contributed by atoms with E-state index in [1.165, 1.54) is 27.8 Å². The van der Waals surface area contributed by atoms with Crippen molar-refractivity contribution in [1.82, 2.24) is 0 Å². The number of hydrogen-bond donors (Lipinski definition) is 1. The second-order valence-electron chi connectivity index (χ2n) is 10.9. The van der Waals surface area contributed by atoms with Gasteiger partial charge in [0.15, 0.2) is 0 Å². The summed E-state index contributed by atoms with van der Waals surface area (Å²) in [6, 6.07) is 25.5. The van der Waals surface area contributed by atoms with E-state index in [9.17, 15) is 5.11 Å². The zero-order chi connectivity index (χ0) is 23.1. The predicted molar refractivity (Wildman–Crippen MR) is 137 cm³/mol. The van der Waals surface area contributed by atoms with Crippen LogP contribution >= 0.6 is 0 Å². The van der Waals surface area contributed by atoms with Crippen molar-refractivity contribution in [3.05, 3.63) is 113 Å². The van der Waals surface area contributed by atoms with Gasteiger partial charge in [0.2, 0.25) is 0 Å². The minimum Gasteiger partial charge on any atom is -1.00 e. The van der Waals surface area contributed by atoms with Crippen LogP contribution < -0.4 is 24.8 Å². The molecule has 0 radical (unpaired) electrons. The maximum atomic E-state index is 11.4. The Bertz CT molecular complexity index is 1130. The second-order valence-corrected chi connectivity index (χ2v) is 10.9. The average molecular weight is 541 g/mol. The molecule has 1 aliphatic rings. The fraction of sp³-hybridized carbons (Fsp3) is 0.290. The molecule has 0 heterocycles. The molecule has 1 nitrogen and oxygen atoms in total. The summed E-state index contributed by atoms with van der Waals surface area (Å²) >= 11 is 0. The quantitative estimate of drug-likeness (QED) is 0.505. The van der Waals surface area contributed by atoms with Crippen LogP contribution in [0.1, 0.15) is 75.3 Å². The molecule has 3 aromatic carbocycles. The van der Waals surface area contributed by atoms with Gasteiger partial charge in [-0.1, -0.05) is 126 Å². The number of phenols is 1. The van der Waals surface area contributed by atoms with Crippen LogP contribution in [-0.2, 0) is 32.5 Å². The van der Waals surface area contributed by atoms with E-state index in [0.29, 0.717) is 5.75 Å². The maximum absolute atomic E-state index is 11.4. The third-order valence-corrected chi connectivity index (χ3v) is 6.32. The molecular formula is C31H34Cl2OTi. The minimum atomic E-state index is -0.142. The summed E-state index contributed by atoms with van der Waals surface area (Å²) in [6.07, 6.45) is 4.62. The molecule has 182 valence electrons. The third-order valence-electron chi connectivity index (χ3n) is 6.32. The van der Waals surface area contributed by atoms with Gasteiger partial charge in [0, 0.05) is 11.5 Å². The van der Waals surface area contributed by atoms with Crippen molar-refractivity contribution in [2.24, 2.45) is 0 Å². The summed E-state index contributed by atoms with van der Waals surface area (Å²) in [5.41, 5.74) is 7.96. The van der Waals surface area contributed by atoms with E-state index in [4.69, 9.17) is 0 Å². The van der Waals surface area contributed by atoms with Crippen molar-refractivity contribution in [3.63, 3.8) is 0 Å². The smallest absolute Gasteiger partial charge is 1.00 e. The van der Waals surface area contributed by atoms with Crippen LogP contribution in [0.5, 0.6) is 5.75 Å². The Balaban J connectivity index is 0.00000204. The Labute approximate surface area is 238 Å². The second kappa shape index (κ2) is 12.0. The Morgan fingerprint density at radius 3 is 1.43 bits per heavy atom. The minimum absolute atomic E-state index is 0.